The van der Waals surface area contributed by atoms with Crippen LogP contribution in [0.3, 0.4) is 0 Å². The van der Waals surface area contributed by atoms with E-state index in [4.69, 9.17) is 4.74 Å². The second-order valence-corrected chi connectivity index (χ2v) is 4.28. The molecule has 0 unspecified atom stereocenters. The van der Waals surface area contributed by atoms with E-state index in [-0.39, 0.29) is 0 Å². The summed E-state index contributed by atoms with van der Waals surface area (Å²) in [6.07, 6.45) is 0. The van der Waals surface area contributed by atoms with Crippen LogP contribution in [0.15, 0.2) is 28.7 Å². The Labute approximate surface area is 93.8 Å². The molecule has 0 aliphatic heterocycles. The van der Waals surface area contributed by atoms with E-state index in [2.05, 4.69) is 52.4 Å². The van der Waals surface area contributed by atoms with Crippen LogP contribution in [-0.2, 0) is 11.3 Å². The van der Waals surface area contributed by atoms with E-state index < -0.39 is 0 Å². The first-order valence-electron chi connectivity index (χ1n) is 4.69. The molecule has 1 rings (SSSR count). The minimum atomic E-state index is 0.392. The zero-order valence-corrected chi connectivity index (χ0v) is 10.2. The fraction of sp³-hybridized carbons (Fsp3) is 0.455. The third kappa shape index (κ3) is 4.22. The lowest BCUT2D eigenvalue weighted by Gasteiger charge is -2.12. The SMILES string of the molecule is COC[C@H](C)NCc1ccc(Br)cc1. The van der Waals surface area contributed by atoms with Crippen LogP contribution in [-0.4, -0.2) is 19.8 Å². The summed E-state index contributed by atoms with van der Waals surface area (Å²) in [6, 6.07) is 8.71. The maximum absolute atomic E-state index is 5.04. The van der Waals surface area contributed by atoms with Crippen molar-refractivity contribution in [2.45, 2.75) is 19.5 Å². The molecule has 2 nitrogen and oxygen atoms in total. The maximum Gasteiger partial charge on any atom is 0.0613 e. The van der Waals surface area contributed by atoms with Crippen molar-refractivity contribution < 1.29 is 4.74 Å². The molecule has 0 heterocycles. The predicted molar refractivity (Wildman–Crippen MR) is 62.3 cm³/mol. The molecule has 0 aliphatic rings. The van der Waals surface area contributed by atoms with Gasteiger partial charge in [-0.25, -0.2) is 0 Å². The molecule has 14 heavy (non-hydrogen) atoms. The first-order chi connectivity index (χ1) is 6.72. The van der Waals surface area contributed by atoms with E-state index in [0.717, 1.165) is 17.6 Å². The number of rotatable bonds is 5. The van der Waals surface area contributed by atoms with Crippen molar-refractivity contribution >= 4 is 15.9 Å². The molecule has 0 aliphatic carbocycles. The Morgan fingerprint density at radius 3 is 2.57 bits per heavy atom. The van der Waals surface area contributed by atoms with Gasteiger partial charge in [-0.1, -0.05) is 28.1 Å². The molecule has 3 heteroatoms. The predicted octanol–water partition coefficient (Wildman–Crippen LogP) is 2.57. The number of hydrogen-bond donors (Lipinski definition) is 1. The molecule has 0 fully saturated rings. The maximum atomic E-state index is 5.04. The topological polar surface area (TPSA) is 21.3 Å². The van der Waals surface area contributed by atoms with Gasteiger partial charge in [0, 0.05) is 24.2 Å². The molecule has 0 aromatic heterocycles. The standard InChI is InChI=1S/C11H16BrNO/c1-9(8-14-2)13-7-10-3-5-11(12)6-4-10/h3-6,9,13H,7-8H2,1-2H3/t9-/m0/s1. The smallest absolute Gasteiger partial charge is 0.0613 e. The fourth-order valence-corrected chi connectivity index (χ4v) is 1.47. The summed E-state index contributed by atoms with van der Waals surface area (Å²) in [5.41, 5.74) is 1.29. The highest BCUT2D eigenvalue weighted by Crippen LogP contribution is 2.10. The third-order valence-corrected chi connectivity index (χ3v) is 2.51. The average Bonchev–Trinajstić information content (AvgIpc) is 2.17. The van der Waals surface area contributed by atoms with Crippen molar-refractivity contribution in [2.24, 2.45) is 0 Å². The van der Waals surface area contributed by atoms with Gasteiger partial charge in [0.1, 0.15) is 0 Å². The van der Waals surface area contributed by atoms with E-state index in [0.29, 0.717) is 6.04 Å². The van der Waals surface area contributed by atoms with Gasteiger partial charge >= 0.3 is 0 Å². The summed E-state index contributed by atoms with van der Waals surface area (Å²) in [7, 11) is 1.72. The fourth-order valence-electron chi connectivity index (χ4n) is 1.20. The highest BCUT2D eigenvalue weighted by Gasteiger charge is 1.99. The Bertz CT molecular complexity index is 260. The quantitative estimate of drug-likeness (QED) is 0.876. The molecule has 0 amide bonds. The minimum absolute atomic E-state index is 0.392. The summed E-state index contributed by atoms with van der Waals surface area (Å²) in [5, 5.41) is 3.38. The van der Waals surface area contributed by atoms with E-state index in [1.54, 1.807) is 7.11 Å². The monoisotopic (exact) mass is 257 g/mol. The Hall–Kier alpha value is -0.380. The number of nitrogens with one attached hydrogen (secondary N) is 1. The van der Waals surface area contributed by atoms with Gasteiger partial charge in [-0.2, -0.15) is 0 Å². The first kappa shape index (κ1) is 11.7. The summed E-state index contributed by atoms with van der Waals surface area (Å²) < 4.78 is 6.16. The van der Waals surface area contributed by atoms with Crippen molar-refractivity contribution in [1.29, 1.82) is 0 Å². The number of halogens is 1. The largest absolute Gasteiger partial charge is 0.383 e. The van der Waals surface area contributed by atoms with Crippen LogP contribution in [0.5, 0.6) is 0 Å². The highest BCUT2D eigenvalue weighted by molar-refractivity contribution is 9.10. The number of benzene rings is 1. The van der Waals surface area contributed by atoms with Gasteiger partial charge in [-0.3, -0.25) is 0 Å². The molecule has 0 saturated heterocycles. The molecule has 78 valence electrons. The molecule has 0 radical (unpaired) electrons. The van der Waals surface area contributed by atoms with E-state index in [1.807, 2.05) is 0 Å². The van der Waals surface area contributed by atoms with Gasteiger partial charge < -0.3 is 10.1 Å². The molecule has 1 aromatic carbocycles. The van der Waals surface area contributed by atoms with E-state index >= 15 is 0 Å². The van der Waals surface area contributed by atoms with Gasteiger partial charge in [0.25, 0.3) is 0 Å². The van der Waals surface area contributed by atoms with Crippen LogP contribution in [0.4, 0.5) is 0 Å². The lowest BCUT2D eigenvalue weighted by atomic mass is 10.2. The van der Waals surface area contributed by atoms with Crippen molar-refractivity contribution in [3.8, 4) is 0 Å². The molecule has 0 spiro atoms. The van der Waals surface area contributed by atoms with Gasteiger partial charge in [-0.15, -0.1) is 0 Å². The normalized spacial score (nSPS) is 12.8. The summed E-state index contributed by atoms with van der Waals surface area (Å²) in [6.45, 7) is 3.75. The second kappa shape index (κ2) is 6.17. The second-order valence-electron chi connectivity index (χ2n) is 3.36. The lowest BCUT2D eigenvalue weighted by molar-refractivity contribution is 0.171. The Morgan fingerprint density at radius 2 is 2.00 bits per heavy atom. The summed E-state index contributed by atoms with van der Waals surface area (Å²) in [5.74, 6) is 0. The number of hydrogen-bond acceptors (Lipinski definition) is 2. The average molecular weight is 258 g/mol. The minimum Gasteiger partial charge on any atom is -0.383 e. The molecule has 0 bridgehead atoms. The van der Waals surface area contributed by atoms with E-state index in [1.165, 1.54) is 5.56 Å². The van der Waals surface area contributed by atoms with Crippen LogP contribution >= 0.6 is 15.9 Å². The van der Waals surface area contributed by atoms with Crippen molar-refractivity contribution in [3.63, 3.8) is 0 Å². The Morgan fingerprint density at radius 1 is 1.36 bits per heavy atom. The van der Waals surface area contributed by atoms with Crippen LogP contribution in [0.2, 0.25) is 0 Å². The lowest BCUT2D eigenvalue weighted by Crippen LogP contribution is -2.29. The molecule has 1 atom stereocenters. The van der Waals surface area contributed by atoms with Gasteiger partial charge in [0.05, 0.1) is 6.61 Å². The number of ether oxygens (including phenoxy) is 1. The van der Waals surface area contributed by atoms with E-state index in [9.17, 15) is 0 Å². The Balaban J connectivity index is 2.34. The van der Waals surface area contributed by atoms with Crippen molar-refractivity contribution in [2.75, 3.05) is 13.7 Å². The van der Waals surface area contributed by atoms with Crippen LogP contribution < -0.4 is 5.32 Å². The third-order valence-electron chi connectivity index (χ3n) is 1.98. The van der Waals surface area contributed by atoms with Gasteiger partial charge in [-0.05, 0) is 24.6 Å². The molecule has 1 N–H and O–H groups in total. The van der Waals surface area contributed by atoms with Crippen LogP contribution in [0.1, 0.15) is 12.5 Å². The van der Waals surface area contributed by atoms with Gasteiger partial charge in [0.2, 0.25) is 0 Å². The molecular weight excluding hydrogens is 242 g/mol. The summed E-state index contributed by atoms with van der Waals surface area (Å²) >= 11 is 3.41. The molecule has 1 aromatic rings. The zero-order valence-electron chi connectivity index (χ0n) is 8.59. The highest BCUT2D eigenvalue weighted by atomic mass is 79.9. The summed E-state index contributed by atoms with van der Waals surface area (Å²) in [4.78, 5) is 0. The molecular formula is C11H16BrNO. The van der Waals surface area contributed by atoms with Crippen LogP contribution in [0, 0.1) is 0 Å². The van der Waals surface area contributed by atoms with Gasteiger partial charge in [0.15, 0.2) is 0 Å². The Kier molecular flexibility index (Phi) is 5.15. The first-order valence-corrected chi connectivity index (χ1v) is 5.48. The molecule has 0 saturated carbocycles. The van der Waals surface area contributed by atoms with Crippen molar-refractivity contribution in [1.82, 2.24) is 5.32 Å². The number of methoxy groups -OCH3 is 1. The van der Waals surface area contributed by atoms with Crippen molar-refractivity contribution in [3.05, 3.63) is 34.3 Å². The zero-order chi connectivity index (χ0) is 10.4. The van der Waals surface area contributed by atoms with Crippen LogP contribution in [0.25, 0.3) is 0 Å².